The molecule has 1 nitrogen and oxygen atoms in total. The fourth-order valence-electron chi connectivity index (χ4n) is 1.99. The van der Waals surface area contributed by atoms with Crippen LogP contribution in [0.4, 0.5) is 4.39 Å². The molecule has 0 bridgehead atoms. The fourth-order valence-corrected chi connectivity index (χ4v) is 4.08. The highest BCUT2D eigenvalue weighted by atomic mass is 79.9. The summed E-state index contributed by atoms with van der Waals surface area (Å²) in [5, 5.41) is 10.4. The van der Waals surface area contributed by atoms with Gasteiger partial charge in [-0.05, 0) is 80.6 Å². The standard InChI is InChI=1S/C13H11Br2FOS/c1-6-3-8(16)4-7(2)11(6)12(17)10-5-9(14)13(15)18-10/h3-5,12,17H,1-2H3. The Bertz CT molecular complexity index is 552. The highest BCUT2D eigenvalue weighted by Gasteiger charge is 2.19. The quantitative estimate of drug-likeness (QED) is 0.751. The number of aliphatic hydroxyl groups excluding tert-OH is 1. The van der Waals surface area contributed by atoms with Crippen molar-refractivity contribution in [2.45, 2.75) is 20.0 Å². The average Bonchev–Trinajstić information content (AvgIpc) is 2.57. The minimum absolute atomic E-state index is 0.269. The second-order valence-corrected chi connectivity index (χ2v) is 7.38. The topological polar surface area (TPSA) is 20.2 Å². The zero-order chi connectivity index (χ0) is 13.4. The van der Waals surface area contributed by atoms with E-state index in [2.05, 4.69) is 31.9 Å². The first kappa shape index (κ1) is 14.2. The van der Waals surface area contributed by atoms with Crippen molar-refractivity contribution in [3.8, 4) is 0 Å². The van der Waals surface area contributed by atoms with Gasteiger partial charge in [-0.2, -0.15) is 0 Å². The lowest BCUT2D eigenvalue weighted by molar-refractivity contribution is 0.222. The van der Waals surface area contributed by atoms with Crippen LogP contribution in [0.1, 0.15) is 27.7 Å². The monoisotopic (exact) mass is 392 g/mol. The number of rotatable bonds is 2. The highest BCUT2D eigenvalue weighted by molar-refractivity contribution is 9.13. The Morgan fingerprint density at radius 3 is 2.17 bits per heavy atom. The van der Waals surface area contributed by atoms with Gasteiger partial charge in [-0.15, -0.1) is 11.3 Å². The summed E-state index contributed by atoms with van der Waals surface area (Å²) >= 11 is 8.27. The molecule has 0 saturated heterocycles. The van der Waals surface area contributed by atoms with E-state index >= 15 is 0 Å². The maximum atomic E-state index is 13.2. The lowest BCUT2D eigenvalue weighted by atomic mass is 9.97. The van der Waals surface area contributed by atoms with Gasteiger partial charge in [-0.3, -0.25) is 0 Å². The van der Waals surface area contributed by atoms with Crippen molar-refractivity contribution in [3.05, 3.63) is 53.8 Å². The molecule has 0 radical (unpaired) electrons. The number of aryl methyl sites for hydroxylation is 2. The van der Waals surface area contributed by atoms with Gasteiger partial charge in [0.25, 0.3) is 0 Å². The van der Waals surface area contributed by atoms with Crippen molar-refractivity contribution < 1.29 is 9.50 Å². The molecule has 0 saturated carbocycles. The predicted octanol–water partition coefficient (Wildman–Crippen LogP) is 5.11. The molecule has 2 rings (SSSR count). The third-order valence-electron chi connectivity index (χ3n) is 2.77. The summed E-state index contributed by atoms with van der Waals surface area (Å²) in [4.78, 5) is 0.826. The molecule has 18 heavy (non-hydrogen) atoms. The van der Waals surface area contributed by atoms with Crippen molar-refractivity contribution >= 4 is 43.2 Å². The SMILES string of the molecule is Cc1cc(F)cc(C)c1C(O)c1cc(Br)c(Br)s1. The van der Waals surface area contributed by atoms with E-state index in [-0.39, 0.29) is 5.82 Å². The molecule has 96 valence electrons. The molecule has 0 aliphatic rings. The first-order valence-corrected chi connectivity index (χ1v) is 7.70. The molecule has 0 amide bonds. The third kappa shape index (κ3) is 2.69. The summed E-state index contributed by atoms with van der Waals surface area (Å²) in [5.74, 6) is -0.269. The fraction of sp³-hybridized carbons (Fsp3) is 0.231. The van der Waals surface area contributed by atoms with Crippen LogP contribution < -0.4 is 0 Å². The van der Waals surface area contributed by atoms with E-state index in [1.165, 1.54) is 23.5 Å². The summed E-state index contributed by atoms with van der Waals surface area (Å²) in [6, 6.07) is 4.77. The molecule has 1 aromatic heterocycles. The van der Waals surface area contributed by atoms with Crippen molar-refractivity contribution in [1.82, 2.24) is 0 Å². The van der Waals surface area contributed by atoms with Gasteiger partial charge in [0.2, 0.25) is 0 Å². The molecule has 1 N–H and O–H groups in total. The molecule has 0 fully saturated rings. The molecule has 1 atom stereocenters. The first-order chi connectivity index (χ1) is 8.40. The van der Waals surface area contributed by atoms with Gasteiger partial charge < -0.3 is 5.11 Å². The van der Waals surface area contributed by atoms with Crippen molar-refractivity contribution in [1.29, 1.82) is 0 Å². The van der Waals surface area contributed by atoms with Crippen LogP contribution in [0.3, 0.4) is 0 Å². The van der Waals surface area contributed by atoms with Crippen LogP contribution in [0.15, 0.2) is 26.5 Å². The number of benzene rings is 1. The molecule has 1 unspecified atom stereocenters. The van der Waals surface area contributed by atoms with Gasteiger partial charge in [-0.25, -0.2) is 4.39 Å². The van der Waals surface area contributed by atoms with Crippen LogP contribution in [0.5, 0.6) is 0 Å². The van der Waals surface area contributed by atoms with Crippen LogP contribution >= 0.6 is 43.2 Å². The Labute approximate surface area is 126 Å². The second kappa shape index (κ2) is 5.41. The Morgan fingerprint density at radius 1 is 1.17 bits per heavy atom. The van der Waals surface area contributed by atoms with Crippen LogP contribution in [-0.2, 0) is 0 Å². The molecule has 2 aromatic rings. The van der Waals surface area contributed by atoms with E-state index in [4.69, 9.17) is 0 Å². The predicted molar refractivity (Wildman–Crippen MR) is 79.7 cm³/mol. The van der Waals surface area contributed by atoms with Crippen molar-refractivity contribution in [3.63, 3.8) is 0 Å². The Kier molecular flexibility index (Phi) is 4.26. The summed E-state index contributed by atoms with van der Waals surface area (Å²) in [6.45, 7) is 3.62. The van der Waals surface area contributed by atoms with Crippen molar-refractivity contribution in [2.24, 2.45) is 0 Å². The van der Waals surface area contributed by atoms with Gasteiger partial charge in [0.1, 0.15) is 11.9 Å². The Balaban J connectivity index is 2.49. The minimum Gasteiger partial charge on any atom is -0.383 e. The van der Waals surface area contributed by atoms with E-state index < -0.39 is 6.10 Å². The largest absolute Gasteiger partial charge is 0.383 e. The van der Waals surface area contributed by atoms with Gasteiger partial charge in [0, 0.05) is 9.35 Å². The molecule has 0 aliphatic carbocycles. The second-order valence-electron chi connectivity index (χ2n) is 4.13. The van der Waals surface area contributed by atoms with Gasteiger partial charge in [-0.1, -0.05) is 0 Å². The zero-order valence-electron chi connectivity index (χ0n) is 9.80. The van der Waals surface area contributed by atoms with Crippen LogP contribution in [0.2, 0.25) is 0 Å². The summed E-state index contributed by atoms with van der Waals surface area (Å²) in [6.07, 6.45) is -0.724. The average molecular weight is 394 g/mol. The number of hydrogen-bond acceptors (Lipinski definition) is 2. The maximum Gasteiger partial charge on any atom is 0.123 e. The van der Waals surface area contributed by atoms with Crippen LogP contribution in [0, 0.1) is 19.7 Å². The molecular formula is C13H11Br2FOS. The number of hydrogen-bond donors (Lipinski definition) is 1. The van der Waals surface area contributed by atoms with E-state index in [9.17, 15) is 9.50 Å². The van der Waals surface area contributed by atoms with E-state index in [1.54, 1.807) is 0 Å². The van der Waals surface area contributed by atoms with Gasteiger partial charge >= 0.3 is 0 Å². The van der Waals surface area contributed by atoms with Crippen molar-refractivity contribution in [2.75, 3.05) is 0 Å². The van der Waals surface area contributed by atoms with E-state index in [1.807, 2.05) is 19.9 Å². The van der Waals surface area contributed by atoms with Gasteiger partial charge in [0.05, 0.1) is 3.79 Å². The van der Waals surface area contributed by atoms with E-state index in [0.717, 1.165) is 29.8 Å². The lowest BCUT2D eigenvalue weighted by Crippen LogP contribution is -2.03. The summed E-state index contributed by atoms with van der Waals surface area (Å²) < 4.78 is 15.1. The summed E-state index contributed by atoms with van der Waals surface area (Å²) in [7, 11) is 0. The number of aliphatic hydroxyl groups is 1. The van der Waals surface area contributed by atoms with Crippen LogP contribution in [0.25, 0.3) is 0 Å². The molecule has 1 heterocycles. The molecule has 5 heteroatoms. The highest BCUT2D eigenvalue weighted by Crippen LogP contribution is 2.39. The molecular weight excluding hydrogens is 383 g/mol. The third-order valence-corrected chi connectivity index (χ3v) is 6.07. The molecule has 0 aliphatic heterocycles. The smallest absolute Gasteiger partial charge is 0.123 e. The summed E-state index contributed by atoms with van der Waals surface area (Å²) in [5.41, 5.74) is 2.30. The Morgan fingerprint density at radius 2 is 1.72 bits per heavy atom. The maximum absolute atomic E-state index is 13.2. The lowest BCUT2D eigenvalue weighted by Gasteiger charge is -2.15. The molecule has 0 spiro atoms. The zero-order valence-corrected chi connectivity index (χ0v) is 13.8. The minimum atomic E-state index is -0.724. The number of thiophene rings is 1. The number of halogens is 3. The van der Waals surface area contributed by atoms with Gasteiger partial charge in [0.15, 0.2) is 0 Å². The first-order valence-electron chi connectivity index (χ1n) is 5.29. The Hall–Kier alpha value is -0.230. The molecule has 1 aromatic carbocycles. The van der Waals surface area contributed by atoms with E-state index in [0.29, 0.717) is 0 Å². The normalized spacial score (nSPS) is 12.8. The van der Waals surface area contributed by atoms with Crippen LogP contribution in [-0.4, -0.2) is 5.11 Å².